The third kappa shape index (κ3) is 2.14. The number of allylic oxidation sites excluding steroid dienone is 1. The molecule has 1 aliphatic carbocycles. The summed E-state index contributed by atoms with van der Waals surface area (Å²) in [5, 5.41) is 9.38. The lowest BCUT2D eigenvalue weighted by atomic mass is 9.95. The van der Waals surface area contributed by atoms with Crippen molar-refractivity contribution in [3.63, 3.8) is 0 Å². The first-order valence-corrected chi connectivity index (χ1v) is 4.34. The molecular formula is C10H15NO3. The van der Waals surface area contributed by atoms with Crippen LogP contribution in [0.2, 0.25) is 0 Å². The van der Waals surface area contributed by atoms with Gasteiger partial charge in [-0.15, -0.1) is 0 Å². The molecule has 0 saturated heterocycles. The Morgan fingerprint density at radius 2 is 2.21 bits per heavy atom. The molecule has 4 nitrogen and oxygen atoms in total. The fraction of sp³-hybridized carbons (Fsp3) is 0.500. The number of methoxy groups -OCH3 is 2. The van der Waals surface area contributed by atoms with Gasteiger partial charge in [0.25, 0.3) is 0 Å². The standard InChI is InChI=1S/C10H15NO3/c1-11-6-8-9(13-2)4-7(12)5-10(8)14-3/h4-6,8-9,12H,1-3H3. The van der Waals surface area contributed by atoms with Crippen molar-refractivity contribution >= 4 is 6.21 Å². The van der Waals surface area contributed by atoms with E-state index >= 15 is 0 Å². The van der Waals surface area contributed by atoms with Gasteiger partial charge in [0.1, 0.15) is 11.5 Å². The van der Waals surface area contributed by atoms with E-state index in [1.54, 1.807) is 39.6 Å². The Balaban J connectivity index is 2.94. The second kappa shape index (κ2) is 4.81. The van der Waals surface area contributed by atoms with Crippen LogP contribution < -0.4 is 0 Å². The van der Waals surface area contributed by atoms with Gasteiger partial charge in [-0.2, -0.15) is 0 Å². The van der Waals surface area contributed by atoms with Crippen LogP contribution in [-0.4, -0.2) is 38.7 Å². The van der Waals surface area contributed by atoms with Crippen LogP contribution in [0.3, 0.4) is 0 Å². The van der Waals surface area contributed by atoms with Crippen molar-refractivity contribution < 1.29 is 14.6 Å². The number of hydrogen-bond donors (Lipinski definition) is 1. The first-order chi connectivity index (χ1) is 6.72. The van der Waals surface area contributed by atoms with Gasteiger partial charge in [0.05, 0.1) is 19.1 Å². The van der Waals surface area contributed by atoms with E-state index in [1.165, 1.54) is 0 Å². The van der Waals surface area contributed by atoms with E-state index in [1.807, 2.05) is 0 Å². The molecule has 0 aromatic heterocycles. The zero-order valence-corrected chi connectivity index (χ0v) is 8.60. The van der Waals surface area contributed by atoms with E-state index in [-0.39, 0.29) is 17.8 Å². The summed E-state index contributed by atoms with van der Waals surface area (Å²) in [6.07, 6.45) is 4.72. The summed E-state index contributed by atoms with van der Waals surface area (Å²) in [5.74, 6) is 0.753. The molecule has 2 atom stereocenters. The summed E-state index contributed by atoms with van der Waals surface area (Å²) in [6, 6.07) is 0. The van der Waals surface area contributed by atoms with Crippen molar-refractivity contribution in [3.8, 4) is 0 Å². The summed E-state index contributed by atoms with van der Waals surface area (Å²) >= 11 is 0. The first kappa shape index (κ1) is 10.8. The first-order valence-electron chi connectivity index (χ1n) is 4.34. The maximum absolute atomic E-state index is 9.38. The van der Waals surface area contributed by atoms with Gasteiger partial charge in [-0.05, 0) is 6.08 Å². The fourth-order valence-electron chi connectivity index (χ4n) is 1.45. The Hall–Kier alpha value is -1.29. The Morgan fingerprint density at radius 3 is 2.71 bits per heavy atom. The molecule has 0 heterocycles. The van der Waals surface area contributed by atoms with Crippen LogP contribution in [0.25, 0.3) is 0 Å². The molecule has 2 unspecified atom stereocenters. The molecule has 0 aliphatic heterocycles. The molecule has 1 rings (SSSR count). The van der Waals surface area contributed by atoms with Crippen molar-refractivity contribution in [1.82, 2.24) is 0 Å². The molecule has 0 fully saturated rings. The summed E-state index contributed by atoms with van der Waals surface area (Å²) in [5.41, 5.74) is 0. The van der Waals surface area contributed by atoms with Crippen LogP contribution >= 0.6 is 0 Å². The van der Waals surface area contributed by atoms with Crippen molar-refractivity contribution in [1.29, 1.82) is 0 Å². The second-order valence-corrected chi connectivity index (χ2v) is 2.98. The molecule has 0 aromatic carbocycles. The number of rotatable bonds is 3. The number of aliphatic hydroxyl groups is 1. The van der Waals surface area contributed by atoms with Gasteiger partial charge in [0.15, 0.2) is 0 Å². The molecule has 0 radical (unpaired) electrons. The highest BCUT2D eigenvalue weighted by atomic mass is 16.5. The average molecular weight is 197 g/mol. The van der Waals surface area contributed by atoms with Gasteiger partial charge < -0.3 is 14.6 Å². The highest BCUT2D eigenvalue weighted by molar-refractivity contribution is 5.66. The number of aliphatic imine (C=N–C) groups is 1. The Morgan fingerprint density at radius 1 is 1.50 bits per heavy atom. The molecule has 1 N–H and O–H groups in total. The third-order valence-electron chi connectivity index (χ3n) is 2.13. The topological polar surface area (TPSA) is 51.0 Å². The van der Waals surface area contributed by atoms with E-state index in [0.717, 1.165) is 0 Å². The molecule has 0 aromatic rings. The molecule has 0 saturated carbocycles. The van der Waals surface area contributed by atoms with Gasteiger partial charge in [-0.25, -0.2) is 0 Å². The van der Waals surface area contributed by atoms with Crippen LogP contribution in [0.5, 0.6) is 0 Å². The average Bonchev–Trinajstić information content (AvgIpc) is 2.20. The largest absolute Gasteiger partial charge is 0.508 e. The lowest BCUT2D eigenvalue weighted by Crippen LogP contribution is -2.27. The number of hydrogen-bond acceptors (Lipinski definition) is 4. The van der Waals surface area contributed by atoms with Gasteiger partial charge >= 0.3 is 0 Å². The van der Waals surface area contributed by atoms with Crippen LogP contribution in [0, 0.1) is 5.92 Å². The maximum Gasteiger partial charge on any atom is 0.117 e. The van der Waals surface area contributed by atoms with E-state index in [4.69, 9.17) is 9.47 Å². The van der Waals surface area contributed by atoms with Crippen LogP contribution in [0.15, 0.2) is 28.7 Å². The lowest BCUT2D eigenvalue weighted by molar-refractivity contribution is 0.0960. The highest BCUT2D eigenvalue weighted by Crippen LogP contribution is 2.24. The van der Waals surface area contributed by atoms with Crippen molar-refractivity contribution in [2.75, 3.05) is 21.3 Å². The van der Waals surface area contributed by atoms with Crippen LogP contribution in [-0.2, 0) is 9.47 Å². The number of ether oxygens (including phenoxy) is 2. The summed E-state index contributed by atoms with van der Waals surface area (Å²) < 4.78 is 10.4. The van der Waals surface area contributed by atoms with Gasteiger partial charge in [0.2, 0.25) is 0 Å². The highest BCUT2D eigenvalue weighted by Gasteiger charge is 2.26. The van der Waals surface area contributed by atoms with Crippen LogP contribution in [0.4, 0.5) is 0 Å². The SMILES string of the molecule is CN=CC1C(OC)=CC(O)=CC1OC. The Labute approximate surface area is 83.6 Å². The minimum Gasteiger partial charge on any atom is -0.508 e. The lowest BCUT2D eigenvalue weighted by Gasteiger charge is -2.25. The maximum atomic E-state index is 9.38. The molecular weight excluding hydrogens is 182 g/mol. The summed E-state index contributed by atoms with van der Waals surface area (Å²) in [4.78, 5) is 3.94. The number of nitrogens with zero attached hydrogens (tertiary/aromatic N) is 1. The quantitative estimate of drug-likeness (QED) is 0.694. The van der Waals surface area contributed by atoms with E-state index < -0.39 is 0 Å². The zero-order valence-electron chi connectivity index (χ0n) is 8.60. The normalized spacial score (nSPS) is 27.4. The predicted octanol–water partition coefficient (Wildman–Crippen LogP) is 1.30. The van der Waals surface area contributed by atoms with Crippen LogP contribution in [0.1, 0.15) is 0 Å². The monoisotopic (exact) mass is 197 g/mol. The third-order valence-corrected chi connectivity index (χ3v) is 2.13. The molecule has 14 heavy (non-hydrogen) atoms. The molecule has 0 spiro atoms. The Kier molecular flexibility index (Phi) is 3.71. The summed E-state index contributed by atoms with van der Waals surface area (Å²) in [6.45, 7) is 0. The predicted molar refractivity (Wildman–Crippen MR) is 54.5 cm³/mol. The number of aliphatic hydroxyl groups excluding tert-OH is 1. The minimum absolute atomic E-state index is 0.0640. The molecule has 78 valence electrons. The van der Waals surface area contributed by atoms with E-state index in [2.05, 4.69) is 4.99 Å². The minimum atomic E-state index is -0.223. The van der Waals surface area contributed by atoms with Crippen molar-refractivity contribution in [2.45, 2.75) is 6.10 Å². The van der Waals surface area contributed by atoms with E-state index in [0.29, 0.717) is 5.76 Å². The van der Waals surface area contributed by atoms with E-state index in [9.17, 15) is 5.11 Å². The molecule has 1 aliphatic rings. The van der Waals surface area contributed by atoms with Gasteiger partial charge in [0, 0.05) is 26.4 Å². The van der Waals surface area contributed by atoms with Gasteiger partial charge in [-0.1, -0.05) is 0 Å². The van der Waals surface area contributed by atoms with Crippen molar-refractivity contribution in [2.24, 2.45) is 10.9 Å². The Bertz CT molecular complexity index is 281. The smallest absolute Gasteiger partial charge is 0.117 e. The fourth-order valence-corrected chi connectivity index (χ4v) is 1.45. The van der Waals surface area contributed by atoms with Gasteiger partial charge in [-0.3, -0.25) is 4.99 Å². The van der Waals surface area contributed by atoms with Crippen molar-refractivity contribution in [3.05, 3.63) is 23.7 Å². The second-order valence-electron chi connectivity index (χ2n) is 2.98. The zero-order chi connectivity index (χ0) is 10.6. The molecule has 0 bridgehead atoms. The molecule has 0 amide bonds. The molecule has 4 heteroatoms. The summed E-state index contributed by atoms with van der Waals surface area (Å²) in [7, 11) is 4.84.